The average Bonchev–Trinajstić information content (AvgIpc) is 2.84. The van der Waals surface area contributed by atoms with Crippen molar-refractivity contribution >= 4 is 21.7 Å². The summed E-state index contributed by atoms with van der Waals surface area (Å²) in [6.07, 6.45) is 1.15. The van der Waals surface area contributed by atoms with Crippen LogP contribution in [0.3, 0.4) is 0 Å². The molecule has 10 heteroatoms. The molecule has 188 valence electrons. The standard InChI is InChI=1S/C25H29ClN2O6S/c1-18-5-11-21(12-6-18)35(30,31)34-14-13-32-16-19-7-9-20(10-8-19)17-33-22-15-27-28(25(2,3)4)24(29)23(22)26/h5-12,15H,13-14,16-17H2,1-4H3/i13D2,14D2,17D2. The average molecular weight is 527 g/mol. The molecule has 0 aliphatic rings. The number of hydrogen-bond donors (Lipinski definition) is 0. The van der Waals surface area contributed by atoms with Gasteiger partial charge in [0.2, 0.25) is 0 Å². The van der Waals surface area contributed by atoms with Gasteiger partial charge in [-0.3, -0.25) is 8.98 Å². The smallest absolute Gasteiger partial charge is 0.297 e. The second-order valence-corrected chi connectivity index (χ2v) is 10.4. The molecule has 3 rings (SSSR count). The third-order valence-electron chi connectivity index (χ3n) is 4.57. The van der Waals surface area contributed by atoms with Crippen molar-refractivity contribution in [3.8, 4) is 5.75 Å². The van der Waals surface area contributed by atoms with E-state index in [1.54, 1.807) is 27.7 Å². The third kappa shape index (κ3) is 7.38. The van der Waals surface area contributed by atoms with Gasteiger partial charge < -0.3 is 9.47 Å². The summed E-state index contributed by atoms with van der Waals surface area (Å²) in [7, 11) is -4.65. The van der Waals surface area contributed by atoms with Gasteiger partial charge in [0, 0.05) is 0 Å². The molecule has 1 aromatic heterocycles. The van der Waals surface area contributed by atoms with Gasteiger partial charge in [-0.25, -0.2) is 4.68 Å². The van der Waals surface area contributed by atoms with Gasteiger partial charge in [-0.2, -0.15) is 13.5 Å². The number of benzene rings is 2. The van der Waals surface area contributed by atoms with Gasteiger partial charge in [0.1, 0.15) is 6.56 Å². The predicted octanol–water partition coefficient (Wildman–Crippen LogP) is 4.46. The Morgan fingerprint density at radius 1 is 1.03 bits per heavy atom. The van der Waals surface area contributed by atoms with Crippen LogP contribution in [0.1, 0.15) is 45.7 Å². The molecule has 0 saturated heterocycles. The fourth-order valence-corrected chi connectivity index (χ4v) is 3.60. The van der Waals surface area contributed by atoms with Crippen LogP contribution in [0.15, 0.2) is 64.4 Å². The molecular formula is C25H29ClN2O6S. The van der Waals surface area contributed by atoms with Gasteiger partial charge in [-0.05, 0) is 51.0 Å². The largest absolute Gasteiger partial charge is 0.485 e. The molecule has 0 aliphatic heterocycles. The molecule has 0 fully saturated rings. The first kappa shape index (κ1) is 19.5. The summed E-state index contributed by atoms with van der Waals surface area (Å²) in [6, 6.07) is 10.8. The molecule has 0 N–H and O–H groups in total. The molecular weight excluding hydrogens is 492 g/mol. The van der Waals surface area contributed by atoms with E-state index in [4.69, 9.17) is 29.3 Å². The maximum Gasteiger partial charge on any atom is 0.297 e. The molecule has 8 nitrogen and oxygen atoms in total. The lowest BCUT2D eigenvalue weighted by atomic mass is 10.1. The zero-order valence-corrected chi connectivity index (χ0v) is 21.1. The van der Waals surface area contributed by atoms with E-state index >= 15 is 0 Å². The van der Waals surface area contributed by atoms with Gasteiger partial charge in [0.25, 0.3) is 15.7 Å². The molecule has 0 saturated carbocycles. The summed E-state index contributed by atoms with van der Waals surface area (Å²) in [6.45, 7) is -2.55. The molecule has 35 heavy (non-hydrogen) atoms. The van der Waals surface area contributed by atoms with Gasteiger partial charge in [-0.15, -0.1) is 0 Å². The quantitative estimate of drug-likeness (QED) is 0.360. The minimum atomic E-state index is -4.65. The Morgan fingerprint density at radius 3 is 2.29 bits per heavy atom. The lowest BCUT2D eigenvalue weighted by Crippen LogP contribution is -2.36. The van der Waals surface area contributed by atoms with Crippen molar-refractivity contribution in [3.63, 3.8) is 0 Å². The number of halogens is 1. The van der Waals surface area contributed by atoms with Crippen LogP contribution in [-0.4, -0.2) is 31.3 Å². The van der Waals surface area contributed by atoms with Crippen molar-refractivity contribution in [2.45, 2.75) is 51.3 Å². The van der Waals surface area contributed by atoms with E-state index in [0.29, 0.717) is 5.56 Å². The number of hydrogen-bond acceptors (Lipinski definition) is 7. The zero-order chi connectivity index (χ0) is 31.0. The van der Waals surface area contributed by atoms with Gasteiger partial charge in [0.05, 0.1) is 44.6 Å². The lowest BCUT2D eigenvalue weighted by Gasteiger charge is -2.21. The molecule has 0 radical (unpaired) electrons. The topological polar surface area (TPSA) is 96.7 Å². The highest BCUT2D eigenvalue weighted by molar-refractivity contribution is 7.86. The number of ether oxygens (including phenoxy) is 2. The SMILES string of the molecule is [2H]C([2H])(Oc1cnn(C(C)(C)C)c(=O)c1Cl)c1ccc(COC([2H])([2H])C([2H])([2H])OS(=O)(=O)c2ccc(C)cc2)cc1. The first-order chi connectivity index (χ1) is 18.7. The monoisotopic (exact) mass is 526 g/mol. The van der Waals surface area contributed by atoms with Crippen molar-refractivity contribution in [1.29, 1.82) is 0 Å². The van der Waals surface area contributed by atoms with E-state index in [1.807, 2.05) is 0 Å². The minimum Gasteiger partial charge on any atom is -0.485 e. The Labute approximate surface area is 219 Å². The van der Waals surface area contributed by atoms with Gasteiger partial charge in [0.15, 0.2) is 10.8 Å². The van der Waals surface area contributed by atoms with E-state index < -0.39 is 47.5 Å². The second-order valence-electron chi connectivity index (χ2n) is 8.45. The van der Waals surface area contributed by atoms with Crippen molar-refractivity contribution in [3.05, 3.63) is 86.8 Å². The van der Waals surface area contributed by atoms with Crippen LogP contribution in [0.25, 0.3) is 0 Å². The highest BCUT2D eigenvalue weighted by Gasteiger charge is 2.20. The Morgan fingerprint density at radius 2 is 1.66 bits per heavy atom. The molecule has 0 unspecified atom stereocenters. The fourth-order valence-electron chi connectivity index (χ4n) is 2.72. The summed E-state index contributed by atoms with van der Waals surface area (Å²) in [4.78, 5) is 12.2. The van der Waals surface area contributed by atoms with Crippen LogP contribution in [0, 0.1) is 6.92 Å². The van der Waals surface area contributed by atoms with Crippen molar-refractivity contribution in [1.82, 2.24) is 9.78 Å². The van der Waals surface area contributed by atoms with Gasteiger partial charge >= 0.3 is 0 Å². The molecule has 1 heterocycles. The van der Waals surface area contributed by atoms with Crippen LogP contribution in [-0.2, 0) is 37.7 Å². The van der Waals surface area contributed by atoms with E-state index in [0.717, 1.165) is 16.4 Å². The normalized spacial score (nSPS) is 15.8. The van der Waals surface area contributed by atoms with Crippen LogP contribution < -0.4 is 10.3 Å². The molecule has 3 aromatic rings. The lowest BCUT2D eigenvalue weighted by molar-refractivity contribution is 0.0907. The predicted molar refractivity (Wildman–Crippen MR) is 133 cm³/mol. The Balaban J connectivity index is 1.70. The summed E-state index contributed by atoms with van der Waals surface area (Å²) >= 11 is 6.13. The number of nitrogens with zero attached hydrogens (tertiary/aromatic N) is 2. The zero-order valence-electron chi connectivity index (χ0n) is 25.5. The van der Waals surface area contributed by atoms with Crippen LogP contribution in [0.4, 0.5) is 0 Å². The van der Waals surface area contributed by atoms with Crippen molar-refractivity contribution in [2.24, 2.45) is 0 Å². The Hall–Kier alpha value is -2.72. The van der Waals surface area contributed by atoms with E-state index in [1.165, 1.54) is 48.5 Å². The fraction of sp³-hybridized carbons (Fsp3) is 0.360. The maximum atomic E-state index is 12.5. The number of rotatable bonds is 10. The molecule has 0 aliphatic carbocycles. The number of aryl methyl sites for hydroxylation is 1. The molecule has 0 spiro atoms. The maximum absolute atomic E-state index is 12.5. The highest BCUT2D eigenvalue weighted by atomic mass is 35.5. The summed E-state index contributed by atoms with van der Waals surface area (Å²) in [5.41, 5.74) is -0.221. The van der Waals surface area contributed by atoms with Crippen LogP contribution in [0.2, 0.25) is 5.02 Å². The van der Waals surface area contributed by atoms with E-state index in [9.17, 15) is 13.2 Å². The summed E-state index contributed by atoms with van der Waals surface area (Å²) in [5.74, 6) is -0.259. The molecule has 0 amide bonds. The Kier molecular flexibility index (Phi) is 6.31. The van der Waals surface area contributed by atoms with Gasteiger partial charge in [-0.1, -0.05) is 53.6 Å². The van der Waals surface area contributed by atoms with E-state index in [2.05, 4.69) is 9.28 Å². The Bertz CT molecular complexity index is 1560. The first-order valence-electron chi connectivity index (χ1n) is 13.4. The second kappa shape index (κ2) is 11.3. The third-order valence-corrected chi connectivity index (χ3v) is 6.07. The first-order valence-corrected chi connectivity index (χ1v) is 12.2. The van der Waals surface area contributed by atoms with Crippen molar-refractivity contribution < 1.29 is 30.3 Å². The summed E-state index contributed by atoms with van der Waals surface area (Å²) < 4.78 is 89.4. The van der Waals surface area contributed by atoms with Crippen molar-refractivity contribution in [2.75, 3.05) is 13.1 Å². The molecule has 0 bridgehead atoms. The van der Waals surface area contributed by atoms with Crippen LogP contribution >= 0.6 is 11.6 Å². The van der Waals surface area contributed by atoms with Crippen LogP contribution in [0.5, 0.6) is 5.75 Å². The summed E-state index contributed by atoms with van der Waals surface area (Å²) in [5, 5.41) is 3.67. The molecule has 2 aromatic carbocycles. The molecule has 0 atom stereocenters. The number of aromatic nitrogens is 2. The minimum absolute atomic E-state index is 0.0168. The highest BCUT2D eigenvalue weighted by Crippen LogP contribution is 2.22. The van der Waals surface area contributed by atoms with E-state index in [-0.39, 0.29) is 21.2 Å².